The Bertz CT molecular complexity index is 1020. The van der Waals surface area contributed by atoms with Crippen molar-refractivity contribution in [2.24, 2.45) is 4.99 Å². The van der Waals surface area contributed by atoms with Crippen LogP contribution in [0, 0.1) is 0 Å². The van der Waals surface area contributed by atoms with E-state index in [1.807, 2.05) is 42.1 Å². The predicted molar refractivity (Wildman–Crippen MR) is 121 cm³/mol. The fraction of sp³-hybridized carbons (Fsp3) is 0.304. The molecule has 0 spiro atoms. The highest BCUT2D eigenvalue weighted by Crippen LogP contribution is 2.30. The quantitative estimate of drug-likeness (QED) is 0.635. The van der Waals surface area contributed by atoms with Crippen LogP contribution in [0.3, 0.4) is 0 Å². The molecule has 3 aromatic rings. The van der Waals surface area contributed by atoms with Crippen molar-refractivity contribution in [3.63, 3.8) is 0 Å². The minimum Gasteiger partial charge on any atom is -0.351 e. The van der Waals surface area contributed by atoms with Gasteiger partial charge in [-0.1, -0.05) is 55.1 Å². The number of rotatable bonds is 7. The molecule has 0 saturated carbocycles. The number of aromatic nitrogens is 3. The Balaban J connectivity index is 1.35. The van der Waals surface area contributed by atoms with Gasteiger partial charge in [-0.3, -0.25) is 19.5 Å². The molecule has 1 aliphatic rings. The molecule has 6 nitrogen and oxygen atoms in total. The first-order chi connectivity index (χ1) is 14.6. The highest BCUT2D eigenvalue weighted by Gasteiger charge is 2.34. The summed E-state index contributed by atoms with van der Waals surface area (Å²) in [6, 6.07) is 16.1. The van der Waals surface area contributed by atoms with Gasteiger partial charge in [0.25, 0.3) is 0 Å². The number of carbonyl (C=O) groups is 1. The molecule has 0 fully saturated rings. The first kappa shape index (κ1) is 20.3. The summed E-state index contributed by atoms with van der Waals surface area (Å²) in [5.74, 6) is 0.356. The minimum atomic E-state index is -0.245. The number of nitrogens with zero attached hydrogens (tertiary/aromatic N) is 4. The summed E-state index contributed by atoms with van der Waals surface area (Å²) in [7, 11) is 0. The summed E-state index contributed by atoms with van der Waals surface area (Å²) in [6.07, 6.45) is 5.47. The van der Waals surface area contributed by atoms with E-state index in [9.17, 15) is 4.79 Å². The van der Waals surface area contributed by atoms with E-state index in [1.165, 1.54) is 17.3 Å². The van der Waals surface area contributed by atoms with Crippen molar-refractivity contribution in [1.82, 2.24) is 20.1 Å². The molecular weight excluding hydrogens is 394 g/mol. The van der Waals surface area contributed by atoms with E-state index in [2.05, 4.69) is 41.5 Å². The number of aliphatic imine (C=N–C) groups is 1. The lowest BCUT2D eigenvalue weighted by Gasteiger charge is -2.13. The molecule has 0 radical (unpaired) electrons. The molecule has 30 heavy (non-hydrogen) atoms. The number of hydrogen-bond donors (Lipinski definition) is 1. The van der Waals surface area contributed by atoms with E-state index in [4.69, 9.17) is 10.1 Å². The van der Waals surface area contributed by atoms with E-state index in [0.717, 1.165) is 22.8 Å². The molecule has 1 N–H and O–H groups in total. The Hall–Kier alpha value is -2.93. The number of nitrogens with one attached hydrogen (secondary N) is 1. The molecule has 154 valence electrons. The minimum absolute atomic E-state index is 0.00719. The second-order valence-corrected chi connectivity index (χ2v) is 8.66. The standard InChI is InChI=1S/C23H25N5OS/c1-16(19-8-4-3-5-9-19)15-28-12-10-20(27-28)23-26-17(2)21(30-23)22(29)25-14-18-7-6-11-24-13-18/h3-13,16-17,21H,14-15H2,1-2H3,(H,25,29)/t16-,17?,21?/m1/s1. The first-order valence-electron chi connectivity index (χ1n) is 10.1. The molecule has 0 saturated heterocycles. The molecule has 0 bridgehead atoms. The number of pyridine rings is 1. The highest BCUT2D eigenvalue weighted by molar-refractivity contribution is 8.15. The third-order valence-electron chi connectivity index (χ3n) is 5.13. The predicted octanol–water partition coefficient (Wildman–Crippen LogP) is 3.65. The lowest BCUT2D eigenvalue weighted by molar-refractivity contribution is -0.120. The highest BCUT2D eigenvalue weighted by atomic mass is 32.2. The van der Waals surface area contributed by atoms with Gasteiger partial charge in [0.1, 0.15) is 16.0 Å². The number of hydrogen-bond acceptors (Lipinski definition) is 5. The van der Waals surface area contributed by atoms with Gasteiger partial charge in [0.2, 0.25) is 5.91 Å². The van der Waals surface area contributed by atoms with Crippen LogP contribution in [0.25, 0.3) is 0 Å². The Morgan fingerprint density at radius 2 is 2.03 bits per heavy atom. The molecule has 4 rings (SSSR count). The molecule has 7 heteroatoms. The molecule has 3 atom stereocenters. The second-order valence-electron chi connectivity index (χ2n) is 7.53. The molecule has 3 heterocycles. The molecule has 1 aliphatic heterocycles. The zero-order valence-electron chi connectivity index (χ0n) is 17.1. The van der Waals surface area contributed by atoms with Gasteiger partial charge < -0.3 is 5.32 Å². The van der Waals surface area contributed by atoms with Crippen molar-refractivity contribution in [3.05, 3.63) is 83.9 Å². The molecular formula is C23H25N5OS. The fourth-order valence-electron chi connectivity index (χ4n) is 3.44. The van der Waals surface area contributed by atoms with Gasteiger partial charge in [-0.15, -0.1) is 0 Å². The van der Waals surface area contributed by atoms with Crippen LogP contribution in [0.15, 0.2) is 72.1 Å². The summed E-state index contributed by atoms with van der Waals surface area (Å²) >= 11 is 1.49. The number of thioether (sulfide) groups is 1. The second kappa shape index (κ2) is 9.26. The van der Waals surface area contributed by atoms with Crippen molar-refractivity contribution < 1.29 is 4.79 Å². The van der Waals surface area contributed by atoms with E-state index in [0.29, 0.717) is 12.5 Å². The first-order valence-corrected chi connectivity index (χ1v) is 11.0. The maximum Gasteiger partial charge on any atom is 0.236 e. The van der Waals surface area contributed by atoms with Crippen molar-refractivity contribution in [1.29, 1.82) is 0 Å². The van der Waals surface area contributed by atoms with E-state index < -0.39 is 0 Å². The third-order valence-corrected chi connectivity index (χ3v) is 6.53. The monoisotopic (exact) mass is 419 g/mol. The van der Waals surface area contributed by atoms with Gasteiger partial charge in [-0.05, 0) is 30.2 Å². The maximum absolute atomic E-state index is 12.7. The Kier molecular flexibility index (Phi) is 6.28. The van der Waals surface area contributed by atoms with Crippen LogP contribution in [-0.2, 0) is 17.9 Å². The van der Waals surface area contributed by atoms with Gasteiger partial charge >= 0.3 is 0 Å². The summed E-state index contributed by atoms with van der Waals surface area (Å²) < 4.78 is 1.95. The Morgan fingerprint density at radius 1 is 1.20 bits per heavy atom. The van der Waals surface area contributed by atoms with Gasteiger partial charge in [-0.2, -0.15) is 5.10 Å². The van der Waals surface area contributed by atoms with Crippen molar-refractivity contribution in [2.45, 2.75) is 44.1 Å². The fourth-order valence-corrected chi connectivity index (χ4v) is 4.58. The van der Waals surface area contributed by atoms with E-state index in [-0.39, 0.29) is 17.2 Å². The van der Waals surface area contributed by atoms with Crippen LogP contribution in [0.5, 0.6) is 0 Å². The van der Waals surface area contributed by atoms with Gasteiger partial charge in [0, 0.05) is 37.6 Å². The number of benzene rings is 1. The zero-order chi connectivity index (χ0) is 20.9. The Labute approximate surface area is 180 Å². The smallest absolute Gasteiger partial charge is 0.236 e. The normalized spacial score (nSPS) is 19.3. The van der Waals surface area contributed by atoms with Crippen LogP contribution in [0.2, 0.25) is 0 Å². The summed E-state index contributed by atoms with van der Waals surface area (Å²) in [5, 5.41) is 8.28. The van der Waals surface area contributed by atoms with E-state index >= 15 is 0 Å². The summed E-state index contributed by atoms with van der Waals surface area (Å²) in [5.41, 5.74) is 3.10. The number of amides is 1. The average molecular weight is 420 g/mol. The van der Waals surface area contributed by atoms with Crippen LogP contribution in [0.1, 0.15) is 36.6 Å². The lowest BCUT2D eigenvalue weighted by Crippen LogP contribution is -2.36. The third kappa shape index (κ3) is 4.79. The summed E-state index contributed by atoms with van der Waals surface area (Å²) in [4.78, 5) is 21.4. The topological polar surface area (TPSA) is 72.2 Å². The largest absolute Gasteiger partial charge is 0.351 e. The zero-order valence-corrected chi connectivity index (χ0v) is 17.9. The lowest BCUT2D eigenvalue weighted by atomic mass is 10.0. The van der Waals surface area contributed by atoms with Crippen molar-refractivity contribution in [2.75, 3.05) is 0 Å². The molecule has 0 aliphatic carbocycles. The van der Waals surface area contributed by atoms with Crippen LogP contribution in [0.4, 0.5) is 0 Å². The maximum atomic E-state index is 12.7. The Morgan fingerprint density at radius 3 is 2.80 bits per heavy atom. The number of carbonyl (C=O) groups excluding carboxylic acids is 1. The van der Waals surface area contributed by atoms with Gasteiger partial charge in [0.05, 0.1) is 6.04 Å². The van der Waals surface area contributed by atoms with Crippen LogP contribution in [-0.4, -0.2) is 37.0 Å². The molecule has 1 aromatic carbocycles. The summed E-state index contributed by atoms with van der Waals surface area (Å²) in [6.45, 7) is 5.44. The van der Waals surface area contributed by atoms with Crippen molar-refractivity contribution >= 4 is 22.7 Å². The molecule has 2 unspecified atom stereocenters. The van der Waals surface area contributed by atoms with Crippen molar-refractivity contribution in [3.8, 4) is 0 Å². The SMILES string of the molecule is CC1N=C(c2ccn(C[C@@H](C)c3ccccc3)n2)SC1C(=O)NCc1cccnc1. The van der Waals surface area contributed by atoms with Crippen LogP contribution < -0.4 is 5.32 Å². The van der Waals surface area contributed by atoms with Gasteiger partial charge in [-0.25, -0.2) is 0 Å². The van der Waals surface area contributed by atoms with Crippen LogP contribution >= 0.6 is 11.8 Å². The molecule has 1 amide bonds. The average Bonchev–Trinajstić information content (AvgIpc) is 3.40. The van der Waals surface area contributed by atoms with E-state index in [1.54, 1.807) is 12.4 Å². The van der Waals surface area contributed by atoms with Gasteiger partial charge in [0.15, 0.2) is 0 Å². The molecule has 2 aromatic heterocycles.